The quantitative estimate of drug-likeness (QED) is 0.693. The first-order valence-electron chi connectivity index (χ1n) is 4.10. The van der Waals surface area contributed by atoms with Gasteiger partial charge >= 0.3 is 0 Å². The minimum absolute atomic E-state index is 0.171. The maximum Gasteiger partial charge on any atom is 0.127 e. The van der Waals surface area contributed by atoms with Crippen molar-refractivity contribution in [2.45, 2.75) is 25.6 Å². The highest BCUT2D eigenvalue weighted by Gasteiger charge is 2.10. The van der Waals surface area contributed by atoms with Gasteiger partial charge in [0.15, 0.2) is 0 Å². The molecule has 3 heteroatoms. The standard InChI is InChI=1S/C10H11BrClF/c1-6(2)8-3-7(5-12)9(11)4-10(8)13/h3-4,6H,5H2,1-2H3. The Labute approximate surface area is 91.2 Å². The molecular weight excluding hydrogens is 254 g/mol. The van der Waals surface area contributed by atoms with E-state index in [1.54, 1.807) is 0 Å². The molecule has 1 aromatic carbocycles. The van der Waals surface area contributed by atoms with Gasteiger partial charge in [0, 0.05) is 10.4 Å². The second-order valence-electron chi connectivity index (χ2n) is 3.25. The molecule has 0 nitrogen and oxygen atoms in total. The Kier molecular flexibility index (Phi) is 3.74. The minimum Gasteiger partial charge on any atom is -0.207 e. The van der Waals surface area contributed by atoms with Crippen LogP contribution in [0, 0.1) is 5.82 Å². The lowest BCUT2D eigenvalue weighted by atomic mass is 10.0. The summed E-state index contributed by atoms with van der Waals surface area (Å²) in [6.07, 6.45) is 0. The van der Waals surface area contributed by atoms with E-state index in [1.165, 1.54) is 6.07 Å². The van der Waals surface area contributed by atoms with Crippen LogP contribution in [0.1, 0.15) is 30.9 Å². The van der Waals surface area contributed by atoms with Gasteiger partial charge in [-0.3, -0.25) is 0 Å². The van der Waals surface area contributed by atoms with E-state index >= 15 is 0 Å². The lowest BCUT2D eigenvalue weighted by Gasteiger charge is -2.10. The van der Waals surface area contributed by atoms with Crippen molar-refractivity contribution in [1.82, 2.24) is 0 Å². The third-order valence-corrected chi connectivity index (χ3v) is 2.96. The Hall–Kier alpha value is -0.0800. The molecule has 0 heterocycles. The summed E-state index contributed by atoms with van der Waals surface area (Å²) in [4.78, 5) is 0. The molecule has 0 N–H and O–H groups in total. The minimum atomic E-state index is -0.171. The van der Waals surface area contributed by atoms with Crippen molar-refractivity contribution in [3.05, 3.63) is 33.5 Å². The van der Waals surface area contributed by atoms with Crippen LogP contribution in [0.3, 0.4) is 0 Å². The number of rotatable bonds is 2. The number of halogens is 3. The Morgan fingerprint density at radius 2 is 2.08 bits per heavy atom. The van der Waals surface area contributed by atoms with E-state index in [0.29, 0.717) is 5.88 Å². The first kappa shape index (κ1) is 11.0. The van der Waals surface area contributed by atoms with E-state index < -0.39 is 0 Å². The molecule has 0 fully saturated rings. The molecule has 0 saturated heterocycles. The smallest absolute Gasteiger partial charge is 0.127 e. The average molecular weight is 266 g/mol. The molecule has 0 aromatic heterocycles. The highest BCUT2D eigenvalue weighted by atomic mass is 79.9. The van der Waals surface area contributed by atoms with Crippen molar-refractivity contribution >= 4 is 27.5 Å². The molecular formula is C10H11BrClF. The molecule has 72 valence electrons. The van der Waals surface area contributed by atoms with Gasteiger partial charge in [-0.1, -0.05) is 35.8 Å². The van der Waals surface area contributed by atoms with Gasteiger partial charge in [0.25, 0.3) is 0 Å². The number of benzene rings is 1. The zero-order chi connectivity index (χ0) is 10.0. The average Bonchev–Trinajstić information content (AvgIpc) is 2.03. The molecule has 0 unspecified atom stereocenters. The van der Waals surface area contributed by atoms with Crippen molar-refractivity contribution < 1.29 is 4.39 Å². The topological polar surface area (TPSA) is 0 Å². The molecule has 0 amide bonds. The van der Waals surface area contributed by atoms with Crippen molar-refractivity contribution in [2.24, 2.45) is 0 Å². The zero-order valence-corrected chi connectivity index (χ0v) is 9.91. The fourth-order valence-electron chi connectivity index (χ4n) is 1.16. The second-order valence-corrected chi connectivity index (χ2v) is 4.38. The van der Waals surface area contributed by atoms with E-state index in [2.05, 4.69) is 15.9 Å². The Bertz CT molecular complexity index is 310. The van der Waals surface area contributed by atoms with Crippen LogP contribution in [0.2, 0.25) is 0 Å². The molecule has 0 aliphatic heterocycles. The van der Waals surface area contributed by atoms with Gasteiger partial charge in [-0.15, -0.1) is 11.6 Å². The van der Waals surface area contributed by atoms with Gasteiger partial charge in [0.1, 0.15) is 5.82 Å². The highest BCUT2D eigenvalue weighted by Crippen LogP contribution is 2.26. The van der Waals surface area contributed by atoms with Crippen molar-refractivity contribution in [1.29, 1.82) is 0 Å². The largest absolute Gasteiger partial charge is 0.207 e. The maximum atomic E-state index is 13.3. The fraction of sp³-hybridized carbons (Fsp3) is 0.400. The predicted molar refractivity (Wildman–Crippen MR) is 57.7 cm³/mol. The molecule has 0 aliphatic carbocycles. The summed E-state index contributed by atoms with van der Waals surface area (Å²) in [5.74, 6) is 0.423. The van der Waals surface area contributed by atoms with Crippen molar-refractivity contribution in [3.63, 3.8) is 0 Å². The third-order valence-electron chi connectivity index (χ3n) is 1.93. The first-order chi connectivity index (χ1) is 6.06. The summed E-state index contributed by atoms with van der Waals surface area (Å²) in [6, 6.07) is 3.30. The van der Waals surface area contributed by atoms with E-state index in [-0.39, 0.29) is 11.7 Å². The maximum absolute atomic E-state index is 13.3. The monoisotopic (exact) mass is 264 g/mol. The molecule has 0 saturated carbocycles. The third kappa shape index (κ3) is 2.44. The van der Waals surface area contributed by atoms with Crippen LogP contribution in [-0.2, 0) is 5.88 Å². The van der Waals surface area contributed by atoms with Crippen molar-refractivity contribution in [2.75, 3.05) is 0 Å². The SMILES string of the molecule is CC(C)c1cc(CCl)c(Br)cc1F. The van der Waals surface area contributed by atoms with Crippen LogP contribution in [0.25, 0.3) is 0 Å². The summed E-state index contributed by atoms with van der Waals surface area (Å²) in [5.41, 5.74) is 1.66. The fourth-order valence-corrected chi connectivity index (χ4v) is 2.00. The zero-order valence-electron chi connectivity index (χ0n) is 7.57. The predicted octanol–water partition coefficient (Wildman–Crippen LogP) is 4.45. The van der Waals surface area contributed by atoms with Gasteiger partial charge < -0.3 is 0 Å². The van der Waals surface area contributed by atoms with Crippen LogP contribution in [0.5, 0.6) is 0 Å². The molecule has 0 spiro atoms. The van der Waals surface area contributed by atoms with E-state index in [0.717, 1.165) is 15.6 Å². The Morgan fingerprint density at radius 3 is 2.54 bits per heavy atom. The molecule has 0 atom stereocenters. The van der Waals surface area contributed by atoms with E-state index in [4.69, 9.17) is 11.6 Å². The van der Waals surface area contributed by atoms with Crippen LogP contribution < -0.4 is 0 Å². The number of hydrogen-bond donors (Lipinski definition) is 0. The van der Waals surface area contributed by atoms with Gasteiger partial charge in [-0.25, -0.2) is 4.39 Å². The van der Waals surface area contributed by atoms with Gasteiger partial charge in [-0.05, 0) is 23.1 Å². The Morgan fingerprint density at radius 1 is 1.46 bits per heavy atom. The summed E-state index contributed by atoms with van der Waals surface area (Å²) in [7, 11) is 0. The van der Waals surface area contributed by atoms with Gasteiger partial charge in [-0.2, -0.15) is 0 Å². The normalized spacial score (nSPS) is 10.9. The van der Waals surface area contributed by atoms with Crippen molar-refractivity contribution in [3.8, 4) is 0 Å². The molecule has 13 heavy (non-hydrogen) atoms. The lowest BCUT2D eigenvalue weighted by molar-refractivity contribution is 0.596. The van der Waals surface area contributed by atoms with Crippen LogP contribution in [0.4, 0.5) is 4.39 Å². The van der Waals surface area contributed by atoms with Crippen LogP contribution in [-0.4, -0.2) is 0 Å². The molecule has 0 radical (unpaired) electrons. The molecule has 1 aromatic rings. The van der Waals surface area contributed by atoms with Gasteiger partial charge in [0.2, 0.25) is 0 Å². The Balaban J connectivity index is 3.22. The molecule has 0 bridgehead atoms. The number of alkyl halides is 1. The van der Waals surface area contributed by atoms with Gasteiger partial charge in [0.05, 0.1) is 0 Å². The molecule has 1 rings (SSSR count). The summed E-state index contributed by atoms with van der Waals surface area (Å²) in [5, 5.41) is 0. The van der Waals surface area contributed by atoms with E-state index in [9.17, 15) is 4.39 Å². The van der Waals surface area contributed by atoms with Crippen LogP contribution >= 0.6 is 27.5 Å². The molecule has 0 aliphatic rings. The first-order valence-corrected chi connectivity index (χ1v) is 5.42. The van der Waals surface area contributed by atoms with E-state index in [1.807, 2.05) is 19.9 Å². The highest BCUT2D eigenvalue weighted by molar-refractivity contribution is 9.10. The second kappa shape index (κ2) is 4.43. The number of hydrogen-bond acceptors (Lipinski definition) is 0. The summed E-state index contributed by atoms with van der Waals surface area (Å²) >= 11 is 8.97. The lowest BCUT2D eigenvalue weighted by Crippen LogP contribution is -1.95. The summed E-state index contributed by atoms with van der Waals surface area (Å²) in [6.45, 7) is 3.93. The van der Waals surface area contributed by atoms with Crippen LogP contribution in [0.15, 0.2) is 16.6 Å². The summed E-state index contributed by atoms with van der Waals surface area (Å²) < 4.78 is 14.1.